The van der Waals surface area contributed by atoms with Crippen molar-refractivity contribution in [1.82, 2.24) is 10.4 Å². The van der Waals surface area contributed by atoms with E-state index < -0.39 is 0 Å². The lowest BCUT2D eigenvalue weighted by molar-refractivity contribution is 0.0791. The van der Waals surface area contributed by atoms with Crippen molar-refractivity contribution in [2.24, 2.45) is 0 Å². The van der Waals surface area contributed by atoms with Crippen molar-refractivity contribution in [3.05, 3.63) is 65.7 Å². The normalized spacial score (nSPS) is 22.5. The second-order valence-electron chi connectivity index (χ2n) is 5.76. The third-order valence-corrected chi connectivity index (χ3v) is 4.60. The largest absolute Gasteiger partial charge is 0.496 e. The summed E-state index contributed by atoms with van der Waals surface area (Å²) in [5.41, 5.74) is 6.04. The minimum absolute atomic E-state index is 0.330. The number of piperidine rings is 1. The van der Waals surface area contributed by atoms with E-state index in [1.54, 1.807) is 7.11 Å². The van der Waals surface area contributed by atoms with Gasteiger partial charge in [-0.1, -0.05) is 48.5 Å². The van der Waals surface area contributed by atoms with E-state index in [0.717, 1.165) is 12.3 Å². The van der Waals surface area contributed by atoms with Gasteiger partial charge < -0.3 is 4.74 Å². The second kappa shape index (κ2) is 6.95. The molecule has 3 rings (SSSR count). The molecule has 2 atom stereocenters. The standard InChI is InChI=1S/C19H24N2O/c1-20-21-14-8-12-17(16-11-6-7-13-18(16)22-2)19(21)15-9-4-3-5-10-15/h3-7,9-11,13,17,19-20H,8,12,14H2,1-2H3/t17-,19+/m0/s1. The number of nitrogens with zero attached hydrogens (tertiary/aromatic N) is 1. The lowest BCUT2D eigenvalue weighted by Gasteiger charge is -2.41. The predicted molar refractivity (Wildman–Crippen MR) is 89.9 cm³/mol. The van der Waals surface area contributed by atoms with Crippen LogP contribution in [0.15, 0.2) is 54.6 Å². The number of hydrazine groups is 1. The molecule has 0 amide bonds. The minimum Gasteiger partial charge on any atom is -0.496 e. The van der Waals surface area contributed by atoms with E-state index in [0.29, 0.717) is 12.0 Å². The maximum absolute atomic E-state index is 5.61. The van der Waals surface area contributed by atoms with Gasteiger partial charge >= 0.3 is 0 Å². The summed E-state index contributed by atoms with van der Waals surface area (Å²) in [6.07, 6.45) is 2.37. The Morgan fingerprint density at radius 1 is 1.05 bits per heavy atom. The quantitative estimate of drug-likeness (QED) is 0.930. The molecule has 3 heteroatoms. The lowest BCUT2D eigenvalue weighted by Crippen LogP contribution is -2.44. The van der Waals surface area contributed by atoms with Crippen LogP contribution in [0.5, 0.6) is 5.75 Å². The number of hydrogen-bond acceptors (Lipinski definition) is 3. The molecule has 22 heavy (non-hydrogen) atoms. The molecule has 0 aromatic heterocycles. The van der Waals surface area contributed by atoms with E-state index in [1.807, 2.05) is 13.1 Å². The molecule has 1 saturated heterocycles. The highest BCUT2D eigenvalue weighted by Gasteiger charge is 2.34. The van der Waals surface area contributed by atoms with Gasteiger partial charge in [0, 0.05) is 12.5 Å². The molecular weight excluding hydrogens is 272 g/mol. The molecular formula is C19H24N2O. The molecule has 1 fully saturated rings. The number of para-hydroxylation sites is 1. The molecule has 1 aliphatic heterocycles. The molecule has 2 aromatic carbocycles. The molecule has 0 radical (unpaired) electrons. The first-order valence-electron chi connectivity index (χ1n) is 7.97. The van der Waals surface area contributed by atoms with Crippen LogP contribution in [0.2, 0.25) is 0 Å². The number of rotatable bonds is 4. The number of methoxy groups -OCH3 is 1. The Balaban J connectivity index is 2.03. The summed E-state index contributed by atoms with van der Waals surface area (Å²) in [6, 6.07) is 19.5. The second-order valence-corrected chi connectivity index (χ2v) is 5.76. The van der Waals surface area contributed by atoms with Gasteiger partial charge in [0.25, 0.3) is 0 Å². The van der Waals surface area contributed by atoms with Gasteiger partial charge in [0.2, 0.25) is 0 Å². The average Bonchev–Trinajstić information content (AvgIpc) is 2.61. The molecule has 1 heterocycles. The third kappa shape index (κ3) is 2.87. The van der Waals surface area contributed by atoms with E-state index in [1.165, 1.54) is 24.0 Å². The van der Waals surface area contributed by atoms with Crippen LogP contribution in [0.4, 0.5) is 0 Å². The van der Waals surface area contributed by atoms with Gasteiger partial charge in [-0.15, -0.1) is 0 Å². The van der Waals surface area contributed by atoms with Crippen molar-refractivity contribution in [3.63, 3.8) is 0 Å². The summed E-state index contributed by atoms with van der Waals surface area (Å²) in [5, 5.41) is 2.36. The molecule has 1 N–H and O–H groups in total. The zero-order valence-electron chi connectivity index (χ0n) is 13.3. The van der Waals surface area contributed by atoms with Crippen LogP contribution in [0, 0.1) is 0 Å². The van der Waals surface area contributed by atoms with E-state index in [9.17, 15) is 0 Å². The molecule has 116 valence electrons. The fourth-order valence-corrected chi connectivity index (χ4v) is 3.61. The van der Waals surface area contributed by atoms with Gasteiger partial charge in [-0.05, 0) is 37.1 Å². The Hall–Kier alpha value is -1.84. The van der Waals surface area contributed by atoms with Crippen molar-refractivity contribution in [3.8, 4) is 5.75 Å². The van der Waals surface area contributed by atoms with E-state index in [-0.39, 0.29) is 0 Å². The van der Waals surface area contributed by atoms with E-state index in [2.05, 4.69) is 59.0 Å². The monoisotopic (exact) mass is 296 g/mol. The van der Waals surface area contributed by atoms with E-state index in [4.69, 9.17) is 4.74 Å². The van der Waals surface area contributed by atoms with Gasteiger partial charge in [0.05, 0.1) is 13.2 Å². The first kappa shape index (κ1) is 15.1. The number of hydrogen-bond donors (Lipinski definition) is 1. The summed E-state index contributed by atoms with van der Waals surface area (Å²) in [5.74, 6) is 1.42. The molecule has 0 spiro atoms. The Morgan fingerprint density at radius 3 is 2.50 bits per heavy atom. The fraction of sp³-hybridized carbons (Fsp3) is 0.368. The molecule has 0 unspecified atom stereocenters. The van der Waals surface area contributed by atoms with Crippen LogP contribution in [-0.2, 0) is 0 Å². The molecule has 3 nitrogen and oxygen atoms in total. The van der Waals surface area contributed by atoms with Crippen LogP contribution in [0.3, 0.4) is 0 Å². The van der Waals surface area contributed by atoms with Crippen molar-refractivity contribution >= 4 is 0 Å². The van der Waals surface area contributed by atoms with Crippen molar-refractivity contribution in [1.29, 1.82) is 0 Å². The summed E-state index contributed by atoms with van der Waals surface area (Å²) < 4.78 is 5.61. The van der Waals surface area contributed by atoms with Gasteiger partial charge in [-0.2, -0.15) is 0 Å². The van der Waals surface area contributed by atoms with Gasteiger partial charge in [0.1, 0.15) is 5.75 Å². The fourth-order valence-electron chi connectivity index (χ4n) is 3.61. The molecule has 0 saturated carbocycles. The molecule has 0 bridgehead atoms. The van der Waals surface area contributed by atoms with Crippen molar-refractivity contribution in [2.45, 2.75) is 24.8 Å². The summed E-state index contributed by atoms with van der Waals surface area (Å²) in [7, 11) is 3.77. The van der Waals surface area contributed by atoms with Gasteiger partial charge in [-0.25, -0.2) is 5.01 Å². The summed E-state index contributed by atoms with van der Waals surface area (Å²) >= 11 is 0. The topological polar surface area (TPSA) is 24.5 Å². The van der Waals surface area contributed by atoms with Crippen LogP contribution >= 0.6 is 0 Å². The number of nitrogens with one attached hydrogen (secondary N) is 1. The Labute approximate surface area is 132 Å². The van der Waals surface area contributed by atoms with Crippen molar-refractivity contribution in [2.75, 3.05) is 20.7 Å². The molecule has 0 aliphatic carbocycles. The van der Waals surface area contributed by atoms with Crippen LogP contribution in [0.25, 0.3) is 0 Å². The lowest BCUT2D eigenvalue weighted by atomic mass is 9.80. The Morgan fingerprint density at radius 2 is 1.77 bits per heavy atom. The SMILES string of the molecule is CNN1CCC[C@@H](c2ccccc2OC)[C@H]1c1ccccc1. The first-order valence-corrected chi connectivity index (χ1v) is 7.97. The van der Waals surface area contributed by atoms with Crippen molar-refractivity contribution < 1.29 is 4.74 Å². The molecule has 1 aliphatic rings. The van der Waals surface area contributed by atoms with Crippen LogP contribution in [-0.4, -0.2) is 25.7 Å². The van der Waals surface area contributed by atoms with Crippen LogP contribution < -0.4 is 10.2 Å². The van der Waals surface area contributed by atoms with Gasteiger partial charge in [0.15, 0.2) is 0 Å². The third-order valence-electron chi connectivity index (χ3n) is 4.60. The summed E-state index contributed by atoms with van der Waals surface area (Å²) in [4.78, 5) is 0. The maximum atomic E-state index is 5.61. The Kier molecular flexibility index (Phi) is 4.76. The van der Waals surface area contributed by atoms with Gasteiger partial charge in [-0.3, -0.25) is 5.43 Å². The number of ether oxygens (including phenoxy) is 1. The number of benzene rings is 2. The smallest absolute Gasteiger partial charge is 0.122 e. The zero-order valence-corrected chi connectivity index (χ0v) is 13.3. The summed E-state index contributed by atoms with van der Waals surface area (Å²) in [6.45, 7) is 1.07. The van der Waals surface area contributed by atoms with E-state index >= 15 is 0 Å². The Bertz CT molecular complexity index is 599. The highest BCUT2D eigenvalue weighted by atomic mass is 16.5. The molecule has 2 aromatic rings. The maximum Gasteiger partial charge on any atom is 0.122 e. The average molecular weight is 296 g/mol. The van der Waals surface area contributed by atoms with Crippen LogP contribution in [0.1, 0.15) is 35.9 Å². The highest BCUT2D eigenvalue weighted by Crippen LogP contribution is 2.44. The highest BCUT2D eigenvalue weighted by molar-refractivity contribution is 5.39. The first-order chi connectivity index (χ1) is 10.8. The zero-order chi connectivity index (χ0) is 15.4. The minimum atomic E-state index is 0.330. The predicted octanol–water partition coefficient (Wildman–Crippen LogP) is 3.75.